The van der Waals surface area contributed by atoms with E-state index in [9.17, 15) is 8.78 Å². The first-order chi connectivity index (χ1) is 9.17. The Morgan fingerprint density at radius 3 is 2.37 bits per heavy atom. The molecule has 0 amide bonds. The summed E-state index contributed by atoms with van der Waals surface area (Å²) in [5, 5.41) is 0. The van der Waals surface area contributed by atoms with Crippen molar-refractivity contribution in [3.63, 3.8) is 0 Å². The summed E-state index contributed by atoms with van der Waals surface area (Å²) in [6.45, 7) is 3.88. The highest BCUT2D eigenvalue weighted by atomic mass is 19.2. The van der Waals surface area contributed by atoms with E-state index >= 15 is 0 Å². The molecule has 0 spiro atoms. The zero-order chi connectivity index (χ0) is 13.8. The molecule has 0 radical (unpaired) electrons. The van der Waals surface area contributed by atoms with Gasteiger partial charge in [-0.15, -0.1) is 0 Å². The molecule has 1 aromatic carbocycles. The van der Waals surface area contributed by atoms with Crippen molar-refractivity contribution in [3.05, 3.63) is 47.0 Å². The third-order valence-corrected chi connectivity index (χ3v) is 4.25. The van der Waals surface area contributed by atoms with Crippen LogP contribution in [0.1, 0.15) is 56.6 Å². The first-order valence-corrected chi connectivity index (χ1v) is 7.26. The maximum absolute atomic E-state index is 14.1. The third-order valence-electron chi connectivity index (χ3n) is 4.25. The monoisotopic (exact) mass is 264 g/mol. The molecule has 1 fully saturated rings. The number of hydrogen-bond donors (Lipinski definition) is 0. The molecule has 0 saturated heterocycles. The summed E-state index contributed by atoms with van der Waals surface area (Å²) in [5.41, 5.74) is 1.05. The van der Waals surface area contributed by atoms with Gasteiger partial charge in [-0.1, -0.05) is 31.2 Å². The summed E-state index contributed by atoms with van der Waals surface area (Å²) in [4.78, 5) is 0. The zero-order valence-corrected chi connectivity index (χ0v) is 11.8. The summed E-state index contributed by atoms with van der Waals surface area (Å²) in [7, 11) is 0. The van der Waals surface area contributed by atoms with Gasteiger partial charge in [0, 0.05) is 0 Å². The third kappa shape index (κ3) is 3.05. The van der Waals surface area contributed by atoms with Gasteiger partial charge >= 0.3 is 0 Å². The van der Waals surface area contributed by atoms with Gasteiger partial charge in [0.25, 0.3) is 0 Å². The molecule has 0 bridgehead atoms. The molecule has 0 unspecified atom stereocenters. The van der Waals surface area contributed by atoms with Crippen molar-refractivity contribution in [3.8, 4) is 0 Å². The molecule has 19 heavy (non-hydrogen) atoms. The van der Waals surface area contributed by atoms with E-state index in [-0.39, 0.29) is 5.92 Å². The van der Waals surface area contributed by atoms with Crippen LogP contribution in [0, 0.1) is 17.6 Å². The molecule has 1 aliphatic rings. The Labute approximate surface area is 114 Å². The summed E-state index contributed by atoms with van der Waals surface area (Å²) in [5.74, 6) is -0.463. The van der Waals surface area contributed by atoms with Gasteiger partial charge in [0.1, 0.15) is 0 Å². The van der Waals surface area contributed by atoms with Crippen molar-refractivity contribution >= 4 is 0 Å². The highest BCUT2D eigenvalue weighted by molar-refractivity contribution is 5.29. The van der Waals surface area contributed by atoms with Crippen molar-refractivity contribution in [2.45, 2.75) is 51.9 Å². The molecule has 2 heteroatoms. The molecule has 0 aliphatic heterocycles. The van der Waals surface area contributed by atoms with Crippen LogP contribution in [0.15, 0.2) is 24.3 Å². The van der Waals surface area contributed by atoms with Gasteiger partial charge in [-0.3, -0.25) is 0 Å². The highest BCUT2D eigenvalue weighted by Gasteiger charge is 2.24. The number of aryl methyl sites for hydroxylation is 1. The quantitative estimate of drug-likeness (QED) is 0.643. The average Bonchev–Trinajstić information content (AvgIpc) is 2.43. The van der Waals surface area contributed by atoms with Crippen molar-refractivity contribution < 1.29 is 8.78 Å². The second kappa shape index (κ2) is 6.31. The lowest BCUT2D eigenvalue weighted by atomic mass is 9.78. The van der Waals surface area contributed by atoms with E-state index < -0.39 is 11.6 Å². The number of hydrogen-bond acceptors (Lipinski definition) is 0. The van der Waals surface area contributed by atoms with Crippen molar-refractivity contribution in [1.82, 2.24) is 0 Å². The Bertz CT molecular complexity index is 455. The van der Waals surface area contributed by atoms with E-state index in [0.717, 1.165) is 25.7 Å². The lowest BCUT2D eigenvalue weighted by Gasteiger charge is -2.27. The van der Waals surface area contributed by atoms with Gasteiger partial charge < -0.3 is 0 Å². The molecule has 1 saturated carbocycles. The SMILES string of the molecule is CC=CC1CCC(c2ccc(CC)c(F)c2F)CC1. The Morgan fingerprint density at radius 1 is 1.11 bits per heavy atom. The zero-order valence-electron chi connectivity index (χ0n) is 11.8. The Morgan fingerprint density at radius 2 is 1.79 bits per heavy atom. The van der Waals surface area contributed by atoms with Gasteiger partial charge in [-0.05, 0) is 62.0 Å². The summed E-state index contributed by atoms with van der Waals surface area (Å²) in [6.07, 6.45) is 8.91. The van der Waals surface area contributed by atoms with Crippen LogP contribution < -0.4 is 0 Å². The van der Waals surface area contributed by atoms with E-state index in [0.29, 0.717) is 23.5 Å². The first-order valence-electron chi connectivity index (χ1n) is 7.26. The van der Waals surface area contributed by atoms with Crippen LogP contribution in [0.5, 0.6) is 0 Å². The summed E-state index contributed by atoms with van der Waals surface area (Å²) in [6, 6.07) is 3.53. The van der Waals surface area contributed by atoms with Crippen LogP contribution in [0.3, 0.4) is 0 Å². The van der Waals surface area contributed by atoms with Crippen LogP contribution in [0.2, 0.25) is 0 Å². The van der Waals surface area contributed by atoms with E-state index in [1.54, 1.807) is 12.1 Å². The van der Waals surface area contributed by atoms with Crippen LogP contribution in [-0.4, -0.2) is 0 Å². The number of halogens is 2. The molecular formula is C17H22F2. The molecule has 1 aliphatic carbocycles. The second-order valence-electron chi connectivity index (χ2n) is 5.43. The van der Waals surface area contributed by atoms with Gasteiger partial charge in [-0.2, -0.15) is 0 Å². The minimum Gasteiger partial charge on any atom is -0.203 e. The van der Waals surface area contributed by atoms with Gasteiger partial charge in [-0.25, -0.2) is 8.78 Å². The molecular weight excluding hydrogens is 242 g/mol. The van der Waals surface area contributed by atoms with Gasteiger partial charge in [0.05, 0.1) is 0 Å². The minimum absolute atomic E-state index is 0.182. The second-order valence-corrected chi connectivity index (χ2v) is 5.43. The highest BCUT2D eigenvalue weighted by Crippen LogP contribution is 2.38. The van der Waals surface area contributed by atoms with Crippen molar-refractivity contribution in [2.24, 2.45) is 5.92 Å². The molecule has 0 nitrogen and oxygen atoms in total. The molecule has 0 N–H and O–H groups in total. The van der Waals surface area contributed by atoms with Gasteiger partial charge in [0.2, 0.25) is 0 Å². The van der Waals surface area contributed by atoms with Crippen molar-refractivity contribution in [1.29, 1.82) is 0 Å². The maximum Gasteiger partial charge on any atom is 0.162 e. The lowest BCUT2D eigenvalue weighted by Crippen LogP contribution is -2.14. The first kappa shape index (κ1) is 14.2. The van der Waals surface area contributed by atoms with E-state index in [1.807, 2.05) is 13.8 Å². The van der Waals surface area contributed by atoms with E-state index in [4.69, 9.17) is 0 Å². The molecule has 104 valence electrons. The molecule has 0 aromatic heterocycles. The fourth-order valence-corrected chi connectivity index (χ4v) is 3.09. The number of benzene rings is 1. The van der Waals surface area contributed by atoms with Crippen LogP contribution >= 0.6 is 0 Å². The van der Waals surface area contributed by atoms with Crippen molar-refractivity contribution in [2.75, 3.05) is 0 Å². The Hall–Kier alpha value is -1.18. The normalized spacial score (nSPS) is 24.0. The smallest absolute Gasteiger partial charge is 0.162 e. The Kier molecular flexibility index (Phi) is 4.73. The predicted octanol–water partition coefficient (Wildman–Crippen LogP) is 5.38. The average molecular weight is 264 g/mol. The summed E-state index contributed by atoms with van der Waals surface area (Å²) < 4.78 is 27.9. The topological polar surface area (TPSA) is 0 Å². The maximum atomic E-state index is 14.1. The van der Waals surface area contributed by atoms with Crippen LogP contribution in [0.25, 0.3) is 0 Å². The molecule has 0 atom stereocenters. The largest absolute Gasteiger partial charge is 0.203 e. The van der Waals surface area contributed by atoms with Gasteiger partial charge in [0.15, 0.2) is 11.6 Å². The number of allylic oxidation sites excluding steroid dienone is 2. The predicted molar refractivity (Wildman–Crippen MR) is 75.2 cm³/mol. The number of rotatable bonds is 3. The molecule has 2 rings (SSSR count). The van der Waals surface area contributed by atoms with Crippen LogP contribution in [0.4, 0.5) is 8.78 Å². The molecule has 0 heterocycles. The fourth-order valence-electron chi connectivity index (χ4n) is 3.09. The lowest BCUT2D eigenvalue weighted by molar-refractivity contribution is 0.363. The Balaban J connectivity index is 2.14. The summed E-state index contributed by atoms with van der Waals surface area (Å²) >= 11 is 0. The standard InChI is InChI=1S/C17H22F2/c1-3-5-12-6-8-14(9-7-12)15-11-10-13(4-2)16(18)17(15)19/h3,5,10-12,14H,4,6-9H2,1-2H3. The van der Waals surface area contributed by atoms with E-state index in [1.165, 1.54) is 0 Å². The molecule has 1 aromatic rings. The van der Waals surface area contributed by atoms with Crippen LogP contribution in [-0.2, 0) is 6.42 Å². The minimum atomic E-state index is -0.643. The fraction of sp³-hybridized carbons (Fsp3) is 0.529. The van der Waals surface area contributed by atoms with E-state index in [2.05, 4.69) is 12.2 Å².